The molecule has 0 saturated carbocycles. The molecule has 4 rings (SSSR count). The van der Waals surface area contributed by atoms with Gasteiger partial charge in [-0.1, -0.05) is 12.6 Å². The van der Waals surface area contributed by atoms with Crippen molar-refractivity contribution >= 4 is 40.5 Å². The molecule has 3 amide bonds. The summed E-state index contributed by atoms with van der Waals surface area (Å²) in [5.74, 6) is -0.197. The first kappa shape index (κ1) is 26.9. The Hall–Kier alpha value is -5.13. The molecule has 2 aromatic carbocycles. The van der Waals surface area contributed by atoms with E-state index in [0.717, 1.165) is 11.8 Å². The number of hydrogen-bond donors (Lipinski definition) is 3. The maximum atomic E-state index is 12.4. The van der Waals surface area contributed by atoms with Gasteiger partial charge in [-0.05, 0) is 30.3 Å². The molecule has 1 saturated heterocycles. The van der Waals surface area contributed by atoms with Crippen molar-refractivity contribution in [3.8, 4) is 11.5 Å². The second-order valence-corrected chi connectivity index (χ2v) is 8.54. The molecule has 0 aliphatic carbocycles. The number of carbonyl (C=O) groups is 3. The first-order valence-corrected chi connectivity index (χ1v) is 12.1. The Labute approximate surface area is 225 Å². The summed E-state index contributed by atoms with van der Waals surface area (Å²) in [4.78, 5) is 53.5. The fraction of sp³-hybridized carbons (Fsp3) is 0.222. The molecule has 3 N–H and O–H groups in total. The molecule has 12 nitrogen and oxygen atoms in total. The van der Waals surface area contributed by atoms with Gasteiger partial charge in [-0.2, -0.15) is 5.48 Å². The van der Waals surface area contributed by atoms with Crippen LogP contribution in [0.1, 0.15) is 17.3 Å². The van der Waals surface area contributed by atoms with Crippen molar-refractivity contribution in [3.05, 3.63) is 73.3 Å². The number of carbonyl (C=O) groups excluding carboxylic acids is 3. The molecule has 1 aliphatic rings. The van der Waals surface area contributed by atoms with Crippen LogP contribution in [0, 0.1) is 0 Å². The number of methoxy groups -OCH3 is 1. The Kier molecular flexibility index (Phi) is 8.57. The number of anilines is 4. The lowest BCUT2D eigenvalue weighted by atomic mass is 10.2. The fourth-order valence-electron chi connectivity index (χ4n) is 4.00. The SMILES string of the molecule is C=CC(=O)Nc1c(Nc2ccc(N3CCN(C(C)=O)CC3)cc2OC)cccc1ONC(=O)c1cncnc1. The lowest BCUT2D eigenvalue weighted by Crippen LogP contribution is -2.48. The van der Waals surface area contributed by atoms with E-state index in [1.807, 2.05) is 23.1 Å². The second kappa shape index (κ2) is 12.4. The number of nitrogens with one attached hydrogen (secondary N) is 3. The van der Waals surface area contributed by atoms with Crippen LogP contribution >= 0.6 is 0 Å². The van der Waals surface area contributed by atoms with E-state index in [4.69, 9.17) is 9.57 Å². The molecule has 12 heteroatoms. The maximum absolute atomic E-state index is 12.4. The molecular weight excluding hydrogens is 502 g/mol. The predicted molar refractivity (Wildman–Crippen MR) is 146 cm³/mol. The number of aromatic nitrogens is 2. The van der Waals surface area contributed by atoms with Crippen LogP contribution < -0.4 is 30.6 Å². The van der Waals surface area contributed by atoms with Crippen LogP contribution in [-0.2, 0) is 9.59 Å². The van der Waals surface area contributed by atoms with Crippen molar-refractivity contribution in [2.24, 2.45) is 0 Å². The monoisotopic (exact) mass is 531 g/mol. The molecule has 0 unspecified atom stereocenters. The average Bonchev–Trinajstić information content (AvgIpc) is 2.97. The third-order valence-corrected chi connectivity index (χ3v) is 6.08. The zero-order valence-corrected chi connectivity index (χ0v) is 21.6. The van der Waals surface area contributed by atoms with E-state index in [9.17, 15) is 14.4 Å². The summed E-state index contributed by atoms with van der Waals surface area (Å²) in [6.45, 7) is 7.83. The summed E-state index contributed by atoms with van der Waals surface area (Å²) in [6.07, 6.45) is 5.14. The van der Waals surface area contributed by atoms with Crippen molar-refractivity contribution < 1.29 is 24.0 Å². The Bertz CT molecular complexity index is 1360. The summed E-state index contributed by atoms with van der Waals surface area (Å²) >= 11 is 0. The van der Waals surface area contributed by atoms with Gasteiger partial charge in [0.1, 0.15) is 17.8 Å². The van der Waals surface area contributed by atoms with Gasteiger partial charge in [0.15, 0.2) is 5.75 Å². The third kappa shape index (κ3) is 6.60. The number of hydroxylamine groups is 1. The Morgan fingerprint density at radius 1 is 1.00 bits per heavy atom. The van der Waals surface area contributed by atoms with Crippen LogP contribution in [0.2, 0.25) is 0 Å². The van der Waals surface area contributed by atoms with Gasteiger partial charge < -0.3 is 30.0 Å². The van der Waals surface area contributed by atoms with Gasteiger partial charge in [0.2, 0.25) is 11.8 Å². The lowest BCUT2D eigenvalue weighted by molar-refractivity contribution is -0.129. The van der Waals surface area contributed by atoms with Gasteiger partial charge in [0.25, 0.3) is 5.91 Å². The average molecular weight is 532 g/mol. The van der Waals surface area contributed by atoms with Gasteiger partial charge in [-0.3, -0.25) is 14.4 Å². The van der Waals surface area contributed by atoms with Crippen molar-refractivity contribution in [1.82, 2.24) is 20.3 Å². The maximum Gasteiger partial charge on any atom is 0.287 e. The lowest BCUT2D eigenvalue weighted by Gasteiger charge is -2.35. The number of rotatable bonds is 9. The molecule has 202 valence electrons. The Morgan fingerprint density at radius 3 is 2.41 bits per heavy atom. The molecule has 1 fully saturated rings. The summed E-state index contributed by atoms with van der Waals surface area (Å²) in [7, 11) is 1.57. The number of hydrogen-bond acceptors (Lipinski definition) is 9. The van der Waals surface area contributed by atoms with E-state index < -0.39 is 11.8 Å². The summed E-state index contributed by atoms with van der Waals surface area (Å²) in [6, 6.07) is 10.8. The minimum atomic E-state index is -0.559. The quantitative estimate of drug-likeness (QED) is 0.281. The van der Waals surface area contributed by atoms with Gasteiger partial charge in [-0.15, -0.1) is 0 Å². The fourth-order valence-corrected chi connectivity index (χ4v) is 4.00. The smallest absolute Gasteiger partial charge is 0.287 e. The standard InChI is InChI=1S/C27H29N7O5/c1-4-25(36)31-26-22(6-5-7-23(26)39-32-27(37)19-15-28-17-29-16-19)30-21-9-8-20(14-24(21)38-3)34-12-10-33(11-13-34)18(2)35/h4-9,14-17,30H,1,10-13H2,2-3H3,(H,31,36)(H,32,37). The highest BCUT2D eigenvalue weighted by molar-refractivity contribution is 6.03. The largest absolute Gasteiger partial charge is 0.494 e. The van der Waals surface area contributed by atoms with Gasteiger partial charge in [0.05, 0.1) is 24.0 Å². The number of piperazine rings is 1. The normalized spacial score (nSPS) is 12.8. The number of para-hydroxylation sites is 1. The van der Waals surface area contributed by atoms with Crippen molar-refractivity contribution in [1.29, 1.82) is 0 Å². The van der Waals surface area contributed by atoms with E-state index in [1.165, 1.54) is 18.7 Å². The molecule has 2 heterocycles. The van der Waals surface area contributed by atoms with Crippen LogP contribution in [0.15, 0.2) is 67.8 Å². The molecular formula is C27H29N7O5. The summed E-state index contributed by atoms with van der Waals surface area (Å²) in [5, 5.41) is 6.00. The van der Waals surface area contributed by atoms with Crippen LogP contribution in [0.4, 0.5) is 22.7 Å². The molecule has 1 aromatic heterocycles. The van der Waals surface area contributed by atoms with E-state index in [0.29, 0.717) is 43.3 Å². The van der Waals surface area contributed by atoms with Gasteiger partial charge >= 0.3 is 0 Å². The second-order valence-electron chi connectivity index (χ2n) is 8.54. The molecule has 0 atom stereocenters. The van der Waals surface area contributed by atoms with Crippen molar-refractivity contribution in [2.75, 3.05) is 48.8 Å². The molecule has 0 spiro atoms. The Morgan fingerprint density at radius 2 is 1.74 bits per heavy atom. The van der Waals surface area contributed by atoms with E-state index in [2.05, 4.69) is 37.6 Å². The number of nitrogens with zero attached hydrogens (tertiary/aromatic N) is 4. The molecule has 1 aliphatic heterocycles. The highest BCUT2D eigenvalue weighted by Crippen LogP contribution is 2.38. The number of ether oxygens (including phenoxy) is 1. The van der Waals surface area contributed by atoms with Crippen LogP contribution in [-0.4, -0.2) is 65.9 Å². The van der Waals surface area contributed by atoms with Crippen LogP contribution in [0.5, 0.6) is 11.5 Å². The highest BCUT2D eigenvalue weighted by atomic mass is 16.7. The third-order valence-electron chi connectivity index (χ3n) is 6.08. The van der Waals surface area contributed by atoms with Crippen LogP contribution in [0.3, 0.4) is 0 Å². The Balaban J connectivity index is 1.55. The molecule has 0 bridgehead atoms. The first-order valence-electron chi connectivity index (χ1n) is 12.1. The van der Waals surface area contributed by atoms with Crippen molar-refractivity contribution in [3.63, 3.8) is 0 Å². The number of amides is 3. The topological polar surface area (TPSA) is 138 Å². The summed E-state index contributed by atoms with van der Waals surface area (Å²) in [5.41, 5.74) is 4.91. The van der Waals surface area contributed by atoms with Gasteiger partial charge in [-0.25, -0.2) is 9.97 Å². The first-order chi connectivity index (χ1) is 18.9. The van der Waals surface area contributed by atoms with Gasteiger partial charge in [0, 0.05) is 57.3 Å². The highest BCUT2D eigenvalue weighted by Gasteiger charge is 2.21. The van der Waals surface area contributed by atoms with E-state index in [1.54, 1.807) is 32.2 Å². The van der Waals surface area contributed by atoms with Crippen LogP contribution in [0.25, 0.3) is 0 Å². The van der Waals surface area contributed by atoms with E-state index >= 15 is 0 Å². The number of benzene rings is 2. The van der Waals surface area contributed by atoms with E-state index in [-0.39, 0.29) is 22.9 Å². The van der Waals surface area contributed by atoms with Crippen molar-refractivity contribution in [2.45, 2.75) is 6.92 Å². The zero-order valence-electron chi connectivity index (χ0n) is 21.6. The molecule has 0 radical (unpaired) electrons. The molecule has 3 aromatic rings. The summed E-state index contributed by atoms with van der Waals surface area (Å²) < 4.78 is 5.65. The zero-order chi connectivity index (χ0) is 27.8. The minimum Gasteiger partial charge on any atom is -0.494 e. The predicted octanol–water partition coefficient (Wildman–Crippen LogP) is 2.75. The minimum absolute atomic E-state index is 0.0750. The molecule has 39 heavy (non-hydrogen) atoms.